The normalized spacial score (nSPS) is 9.80. The van der Waals surface area contributed by atoms with Crippen molar-refractivity contribution in [1.82, 2.24) is 4.90 Å². The lowest BCUT2D eigenvalue weighted by atomic mass is 10.1. The second-order valence-corrected chi connectivity index (χ2v) is 4.22. The molecule has 0 fully saturated rings. The Balaban J connectivity index is 2.92. The molecule has 20 heavy (non-hydrogen) atoms. The van der Waals surface area contributed by atoms with Crippen molar-refractivity contribution in [2.24, 2.45) is 0 Å². The van der Waals surface area contributed by atoms with Gasteiger partial charge >= 0.3 is 0 Å². The van der Waals surface area contributed by atoms with Gasteiger partial charge in [-0.25, -0.2) is 4.39 Å². The van der Waals surface area contributed by atoms with Gasteiger partial charge in [-0.3, -0.25) is 4.79 Å². The number of carbonyl (C=O) groups is 1. The third-order valence-electron chi connectivity index (χ3n) is 2.70. The molecule has 0 aliphatic carbocycles. The van der Waals surface area contributed by atoms with Gasteiger partial charge in [0.25, 0.3) is 5.91 Å². The number of ether oxygens (including phenoxy) is 1. The van der Waals surface area contributed by atoms with Crippen LogP contribution >= 0.6 is 0 Å². The van der Waals surface area contributed by atoms with Gasteiger partial charge in [0.1, 0.15) is 12.4 Å². The summed E-state index contributed by atoms with van der Waals surface area (Å²) in [7, 11) is 3.24. The van der Waals surface area contributed by atoms with Gasteiger partial charge in [-0.15, -0.1) is 0 Å². The van der Waals surface area contributed by atoms with Crippen LogP contribution in [0, 0.1) is 17.7 Å². The van der Waals surface area contributed by atoms with Gasteiger partial charge < -0.3 is 14.7 Å². The van der Waals surface area contributed by atoms with E-state index in [0.717, 1.165) is 6.07 Å². The van der Waals surface area contributed by atoms with E-state index in [1.807, 2.05) is 0 Å². The topological polar surface area (TPSA) is 49.8 Å². The summed E-state index contributed by atoms with van der Waals surface area (Å²) < 4.78 is 18.2. The molecule has 0 aliphatic rings. The Bertz CT molecular complexity index is 520. The highest BCUT2D eigenvalue weighted by atomic mass is 19.1. The first-order chi connectivity index (χ1) is 9.60. The van der Waals surface area contributed by atoms with Crippen molar-refractivity contribution < 1.29 is 19.0 Å². The van der Waals surface area contributed by atoms with Gasteiger partial charge in [0.2, 0.25) is 0 Å². The van der Waals surface area contributed by atoms with Crippen molar-refractivity contribution in [2.45, 2.75) is 6.42 Å². The van der Waals surface area contributed by atoms with Crippen molar-refractivity contribution in [3.63, 3.8) is 0 Å². The lowest BCUT2D eigenvalue weighted by molar-refractivity contribution is 0.0778. The zero-order valence-electron chi connectivity index (χ0n) is 11.6. The maximum absolute atomic E-state index is 13.3. The maximum atomic E-state index is 13.3. The van der Waals surface area contributed by atoms with Crippen LogP contribution in [0.1, 0.15) is 22.3 Å². The molecule has 0 bridgehead atoms. The second kappa shape index (κ2) is 8.31. The number of nitrogens with zero attached hydrogens (tertiary/aromatic N) is 1. The third-order valence-corrected chi connectivity index (χ3v) is 2.70. The second-order valence-electron chi connectivity index (χ2n) is 4.22. The van der Waals surface area contributed by atoms with Crippen LogP contribution in [0.3, 0.4) is 0 Å². The predicted octanol–water partition coefficient (Wildman–Crippen LogP) is 1.28. The standard InChI is InChI=1S/C15H18FNO3/c1-17(8-4-10-20-2)15(19)14-11-13(16)7-6-12(14)5-3-9-18/h6-7,11,18H,4,8-10H2,1-2H3. The number of methoxy groups -OCH3 is 1. The summed E-state index contributed by atoms with van der Waals surface area (Å²) in [5.41, 5.74) is 0.606. The molecule has 0 saturated carbocycles. The average molecular weight is 279 g/mol. The average Bonchev–Trinajstić information content (AvgIpc) is 2.45. The molecule has 1 N–H and O–H groups in total. The van der Waals surface area contributed by atoms with E-state index in [4.69, 9.17) is 9.84 Å². The Morgan fingerprint density at radius 2 is 2.25 bits per heavy atom. The highest BCUT2D eigenvalue weighted by Crippen LogP contribution is 2.13. The third kappa shape index (κ3) is 4.65. The monoisotopic (exact) mass is 279 g/mol. The SMILES string of the molecule is COCCCN(C)C(=O)c1cc(F)ccc1C#CCO. The van der Waals surface area contributed by atoms with Crippen molar-refractivity contribution in [2.75, 3.05) is 33.9 Å². The van der Waals surface area contributed by atoms with Crippen molar-refractivity contribution in [1.29, 1.82) is 0 Å². The first kappa shape index (κ1) is 16.2. The fourth-order valence-corrected chi connectivity index (χ4v) is 1.69. The van der Waals surface area contributed by atoms with Gasteiger partial charge in [0.15, 0.2) is 0 Å². The summed E-state index contributed by atoms with van der Waals surface area (Å²) in [5, 5.41) is 8.71. The Hall–Kier alpha value is -1.90. The lowest BCUT2D eigenvalue weighted by Crippen LogP contribution is -2.29. The van der Waals surface area contributed by atoms with Crippen LogP contribution in [0.15, 0.2) is 18.2 Å². The van der Waals surface area contributed by atoms with Crippen LogP contribution in [0.2, 0.25) is 0 Å². The molecule has 1 rings (SSSR count). The van der Waals surface area contributed by atoms with E-state index < -0.39 is 5.82 Å². The van der Waals surface area contributed by atoms with E-state index >= 15 is 0 Å². The molecule has 0 aliphatic heterocycles. The highest BCUT2D eigenvalue weighted by molar-refractivity contribution is 5.96. The Morgan fingerprint density at radius 3 is 2.90 bits per heavy atom. The molecule has 1 aromatic carbocycles. The number of hydrogen-bond acceptors (Lipinski definition) is 3. The van der Waals surface area contributed by atoms with Crippen LogP contribution in [0.25, 0.3) is 0 Å². The van der Waals surface area contributed by atoms with Crippen molar-refractivity contribution >= 4 is 5.91 Å². The van der Waals surface area contributed by atoms with Crippen LogP contribution in [0.4, 0.5) is 4.39 Å². The summed E-state index contributed by atoms with van der Waals surface area (Å²) in [6.07, 6.45) is 0.700. The van der Waals surface area contributed by atoms with Crippen LogP contribution < -0.4 is 0 Å². The number of aliphatic hydroxyl groups is 1. The van der Waals surface area contributed by atoms with E-state index in [1.54, 1.807) is 14.2 Å². The van der Waals surface area contributed by atoms with E-state index in [1.165, 1.54) is 17.0 Å². The first-order valence-corrected chi connectivity index (χ1v) is 6.23. The summed E-state index contributed by atoms with van der Waals surface area (Å²) in [6, 6.07) is 3.84. The molecule has 0 unspecified atom stereocenters. The Labute approximate surface area is 118 Å². The molecule has 5 heteroatoms. The number of aliphatic hydroxyl groups excluding tert-OH is 1. The Kier molecular flexibility index (Phi) is 6.71. The zero-order chi connectivity index (χ0) is 15.0. The molecule has 0 saturated heterocycles. The van der Waals surface area contributed by atoms with E-state index in [-0.39, 0.29) is 18.1 Å². The fourth-order valence-electron chi connectivity index (χ4n) is 1.69. The van der Waals surface area contributed by atoms with Gasteiger partial charge in [-0.2, -0.15) is 0 Å². The molecule has 1 aromatic rings. The molecular weight excluding hydrogens is 261 g/mol. The molecule has 4 nitrogen and oxygen atoms in total. The van der Waals surface area contributed by atoms with Gasteiger partial charge in [-0.1, -0.05) is 11.8 Å². The molecule has 108 valence electrons. The number of halogens is 1. The number of carbonyl (C=O) groups excluding carboxylic acids is 1. The number of rotatable bonds is 5. The molecule has 0 atom stereocenters. The number of amides is 1. The Morgan fingerprint density at radius 1 is 1.50 bits per heavy atom. The molecule has 0 aromatic heterocycles. The van der Waals surface area contributed by atoms with E-state index in [0.29, 0.717) is 25.1 Å². The number of hydrogen-bond donors (Lipinski definition) is 1. The summed E-state index contributed by atoms with van der Waals surface area (Å²) in [5.74, 6) is 4.32. The van der Waals surface area contributed by atoms with Gasteiger partial charge in [0, 0.05) is 32.9 Å². The van der Waals surface area contributed by atoms with Gasteiger partial charge in [0.05, 0.1) is 5.56 Å². The quantitative estimate of drug-likeness (QED) is 0.652. The van der Waals surface area contributed by atoms with Crippen LogP contribution in [0.5, 0.6) is 0 Å². The minimum absolute atomic E-state index is 0.200. The molecule has 1 amide bonds. The highest BCUT2D eigenvalue weighted by Gasteiger charge is 2.15. The first-order valence-electron chi connectivity index (χ1n) is 6.23. The fraction of sp³-hybridized carbons (Fsp3) is 0.400. The summed E-state index contributed by atoms with van der Waals surface area (Å²) >= 11 is 0. The molecule has 0 spiro atoms. The minimum Gasteiger partial charge on any atom is -0.385 e. The van der Waals surface area contributed by atoms with E-state index in [2.05, 4.69) is 11.8 Å². The van der Waals surface area contributed by atoms with Gasteiger partial charge in [-0.05, 0) is 24.6 Å². The smallest absolute Gasteiger partial charge is 0.254 e. The summed E-state index contributed by atoms with van der Waals surface area (Å²) in [6.45, 7) is 0.753. The van der Waals surface area contributed by atoms with Crippen LogP contribution in [-0.2, 0) is 4.74 Å². The zero-order valence-corrected chi connectivity index (χ0v) is 11.6. The molecule has 0 heterocycles. The van der Waals surface area contributed by atoms with Crippen molar-refractivity contribution in [3.8, 4) is 11.8 Å². The summed E-state index contributed by atoms with van der Waals surface area (Å²) in [4.78, 5) is 13.8. The van der Waals surface area contributed by atoms with E-state index in [9.17, 15) is 9.18 Å². The largest absolute Gasteiger partial charge is 0.385 e. The predicted molar refractivity (Wildman–Crippen MR) is 73.8 cm³/mol. The molecular formula is C15H18FNO3. The lowest BCUT2D eigenvalue weighted by Gasteiger charge is -2.17. The van der Waals surface area contributed by atoms with Crippen LogP contribution in [-0.4, -0.2) is 49.8 Å². The maximum Gasteiger partial charge on any atom is 0.254 e. The minimum atomic E-state index is -0.492. The van der Waals surface area contributed by atoms with Crippen molar-refractivity contribution in [3.05, 3.63) is 35.1 Å². The number of benzene rings is 1. The molecule has 0 radical (unpaired) electrons.